The van der Waals surface area contributed by atoms with E-state index < -0.39 is 12.5 Å². The quantitative estimate of drug-likeness (QED) is 0.267. The number of amides is 2. The summed E-state index contributed by atoms with van der Waals surface area (Å²) in [6, 6.07) is 6.44. The first kappa shape index (κ1) is 16.4. The molecule has 6 atom stereocenters. The first-order chi connectivity index (χ1) is 13.0. The van der Waals surface area contributed by atoms with Crippen LogP contribution in [0.1, 0.15) is 23.7 Å². The minimum Gasteiger partial charge on any atom is -0.424 e. The Hall–Kier alpha value is -2.76. The van der Waals surface area contributed by atoms with Gasteiger partial charge in [-0.3, -0.25) is 19.3 Å². The zero-order valence-electron chi connectivity index (χ0n) is 14.8. The van der Waals surface area contributed by atoms with Crippen LogP contribution in [0.15, 0.2) is 36.4 Å². The molecule has 0 spiro atoms. The fourth-order valence-electron chi connectivity index (χ4n) is 5.31. The van der Waals surface area contributed by atoms with Crippen LogP contribution in [0.3, 0.4) is 0 Å². The maximum atomic E-state index is 12.9. The number of allylic oxidation sites excluding steroid dienone is 2. The highest BCUT2D eigenvalue weighted by molar-refractivity contribution is 6.08. The first-order valence-corrected chi connectivity index (χ1v) is 9.31. The summed E-state index contributed by atoms with van der Waals surface area (Å²) in [5, 5.41) is 0. The Morgan fingerprint density at radius 3 is 2.22 bits per heavy atom. The average Bonchev–Trinajstić information content (AvgIpc) is 3.43. The van der Waals surface area contributed by atoms with Gasteiger partial charge in [0.25, 0.3) is 0 Å². The number of Topliss-reactive ketones (excluding diaryl/α,β-unsaturated/α-hetero) is 1. The Morgan fingerprint density at radius 1 is 1.04 bits per heavy atom. The predicted molar refractivity (Wildman–Crippen MR) is 93.5 cm³/mol. The predicted octanol–water partition coefficient (Wildman–Crippen LogP) is 1.85. The Morgan fingerprint density at radius 2 is 1.63 bits per heavy atom. The smallest absolute Gasteiger partial charge is 0.331 e. The van der Waals surface area contributed by atoms with Crippen LogP contribution in [0.2, 0.25) is 0 Å². The molecule has 0 aromatic heterocycles. The van der Waals surface area contributed by atoms with Crippen molar-refractivity contribution < 1.29 is 23.9 Å². The highest BCUT2D eigenvalue weighted by Gasteiger charge is 2.67. The number of carbonyl (C=O) groups excluding carboxylic acids is 4. The van der Waals surface area contributed by atoms with Crippen LogP contribution < -0.4 is 4.74 Å². The molecule has 2 bridgehead atoms. The summed E-state index contributed by atoms with van der Waals surface area (Å²) >= 11 is 0. The fraction of sp³-hybridized carbons (Fsp3) is 0.429. The molecule has 1 aliphatic heterocycles. The second-order valence-electron chi connectivity index (χ2n) is 7.94. The van der Waals surface area contributed by atoms with Crippen molar-refractivity contribution in [3.05, 3.63) is 42.0 Å². The van der Waals surface area contributed by atoms with Crippen molar-refractivity contribution in [3.8, 4) is 5.75 Å². The van der Waals surface area contributed by atoms with Gasteiger partial charge in [0.1, 0.15) is 12.3 Å². The van der Waals surface area contributed by atoms with Crippen LogP contribution in [-0.4, -0.2) is 35.0 Å². The van der Waals surface area contributed by atoms with Crippen LogP contribution in [0.5, 0.6) is 5.75 Å². The third kappa shape index (κ3) is 2.32. The van der Waals surface area contributed by atoms with Gasteiger partial charge in [-0.2, -0.15) is 0 Å². The molecule has 5 aliphatic rings. The maximum Gasteiger partial charge on any atom is 0.331 e. The third-order valence-corrected chi connectivity index (χ3v) is 6.53. The Labute approximate surface area is 156 Å². The number of imide groups is 1. The number of para-hydroxylation sites is 1. The van der Waals surface area contributed by atoms with E-state index in [2.05, 4.69) is 12.2 Å². The van der Waals surface area contributed by atoms with Gasteiger partial charge in [-0.05, 0) is 49.1 Å². The Balaban J connectivity index is 1.34. The standard InChI is InChI=1S/C21H19NO5/c1-10(23)11-4-2-3-5-16(11)27-17(24)9-22-20(25)18-12-6-7-13(15-8-14(12)15)19(18)21(22)26/h2-7,12-15,18-19H,8-9H2,1H3/t12-,13-,14-,15-,18-,19+/m0/s1. The molecule has 1 saturated heterocycles. The highest BCUT2D eigenvalue weighted by atomic mass is 16.5. The number of rotatable bonds is 4. The average molecular weight is 365 g/mol. The summed E-state index contributed by atoms with van der Waals surface area (Å²) in [6.45, 7) is 0.977. The van der Waals surface area contributed by atoms with Crippen molar-refractivity contribution in [2.24, 2.45) is 35.5 Å². The molecule has 1 aromatic carbocycles. The summed E-state index contributed by atoms with van der Waals surface area (Å²) in [6.07, 6.45) is 5.28. The van der Waals surface area contributed by atoms with Crippen molar-refractivity contribution >= 4 is 23.6 Å². The second-order valence-corrected chi connectivity index (χ2v) is 7.94. The zero-order chi connectivity index (χ0) is 18.9. The van der Waals surface area contributed by atoms with E-state index >= 15 is 0 Å². The van der Waals surface area contributed by atoms with Gasteiger partial charge in [-0.15, -0.1) is 0 Å². The van der Waals surface area contributed by atoms with E-state index in [0.29, 0.717) is 17.4 Å². The molecule has 6 rings (SSSR count). The number of benzene rings is 1. The van der Waals surface area contributed by atoms with E-state index in [1.165, 1.54) is 13.0 Å². The molecule has 3 fully saturated rings. The van der Waals surface area contributed by atoms with Crippen LogP contribution in [0.4, 0.5) is 0 Å². The van der Waals surface area contributed by atoms with Crippen molar-refractivity contribution in [1.82, 2.24) is 4.90 Å². The van der Waals surface area contributed by atoms with Gasteiger partial charge in [-0.1, -0.05) is 24.3 Å². The zero-order valence-corrected chi connectivity index (χ0v) is 14.8. The molecule has 4 aliphatic carbocycles. The SMILES string of the molecule is CC(=O)c1ccccc1OC(=O)CN1C(=O)[C@@H]2[C@H]3C=C[C@@H]([C@@H]4C[C@@H]34)[C@@H]2C1=O. The summed E-state index contributed by atoms with van der Waals surface area (Å²) in [5.41, 5.74) is 0.293. The van der Waals surface area contributed by atoms with Gasteiger partial charge < -0.3 is 4.74 Å². The molecule has 138 valence electrons. The number of hydrogen-bond donors (Lipinski definition) is 0. The summed E-state index contributed by atoms with van der Waals surface area (Å²) < 4.78 is 5.30. The minimum absolute atomic E-state index is 0.126. The monoisotopic (exact) mass is 365 g/mol. The van der Waals surface area contributed by atoms with E-state index in [9.17, 15) is 19.2 Å². The van der Waals surface area contributed by atoms with Crippen molar-refractivity contribution in [2.45, 2.75) is 13.3 Å². The van der Waals surface area contributed by atoms with Gasteiger partial charge in [0.2, 0.25) is 11.8 Å². The lowest BCUT2D eigenvalue weighted by Crippen LogP contribution is -2.40. The number of ketones is 1. The lowest BCUT2D eigenvalue weighted by Gasteiger charge is -2.37. The molecule has 2 amide bonds. The van der Waals surface area contributed by atoms with Crippen molar-refractivity contribution in [1.29, 1.82) is 0 Å². The molecule has 1 aromatic rings. The lowest BCUT2D eigenvalue weighted by molar-refractivity contribution is -0.148. The molecule has 6 heteroatoms. The summed E-state index contributed by atoms with van der Waals surface area (Å²) in [4.78, 5) is 50.9. The van der Waals surface area contributed by atoms with E-state index in [-0.39, 0.29) is 47.0 Å². The molecular weight excluding hydrogens is 346 g/mol. The second kappa shape index (κ2) is 5.62. The van der Waals surface area contributed by atoms with E-state index in [1.807, 2.05) is 0 Å². The van der Waals surface area contributed by atoms with Crippen molar-refractivity contribution in [2.75, 3.05) is 6.54 Å². The lowest BCUT2D eigenvalue weighted by atomic mass is 9.63. The number of carbonyl (C=O) groups is 4. The summed E-state index contributed by atoms with van der Waals surface area (Å²) in [5.74, 6) is -0.662. The number of hydrogen-bond acceptors (Lipinski definition) is 5. The van der Waals surface area contributed by atoms with Crippen LogP contribution in [0, 0.1) is 35.5 Å². The van der Waals surface area contributed by atoms with Gasteiger partial charge in [-0.25, -0.2) is 4.79 Å². The largest absolute Gasteiger partial charge is 0.424 e. The topological polar surface area (TPSA) is 80.8 Å². The Kier molecular flexibility index (Phi) is 3.41. The maximum absolute atomic E-state index is 12.9. The van der Waals surface area contributed by atoms with E-state index in [4.69, 9.17) is 4.74 Å². The van der Waals surface area contributed by atoms with Crippen LogP contribution >= 0.6 is 0 Å². The number of esters is 1. The molecule has 1 heterocycles. The highest BCUT2D eigenvalue weighted by Crippen LogP contribution is 2.65. The fourth-order valence-corrected chi connectivity index (χ4v) is 5.31. The van der Waals surface area contributed by atoms with E-state index in [1.54, 1.807) is 18.2 Å². The third-order valence-electron chi connectivity index (χ3n) is 6.53. The van der Waals surface area contributed by atoms with Crippen molar-refractivity contribution in [3.63, 3.8) is 0 Å². The molecule has 2 saturated carbocycles. The first-order valence-electron chi connectivity index (χ1n) is 9.31. The molecule has 0 radical (unpaired) electrons. The van der Waals surface area contributed by atoms with Crippen LogP contribution in [-0.2, 0) is 14.4 Å². The minimum atomic E-state index is -0.713. The normalized spacial score (nSPS) is 35.1. The molecule has 6 nitrogen and oxygen atoms in total. The van der Waals surface area contributed by atoms with Gasteiger partial charge in [0.05, 0.1) is 17.4 Å². The molecule has 0 unspecified atom stereocenters. The van der Waals surface area contributed by atoms with Crippen LogP contribution in [0.25, 0.3) is 0 Å². The molecule has 0 N–H and O–H groups in total. The summed E-state index contributed by atoms with van der Waals surface area (Å²) in [7, 11) is 0. The van der Waals surface area contributed by atoms with Gasteiger partial charge >= 0.3 is 5.97 Å². The number of nitrogens with zero attached hydrogens (tertiary/aromatic N) is 1. The van der Waals surface area contributed by atoms with E-state index in [0.717, 1.165) is 11.3 Å². The van der Waals surface area contributed by atoms with Gasteiger partial charge in [0, 0.05) is 0 Å². The molecule has 27 heavy (non-hydrogen) atoms. The van der Waals surface area contributed by atoms with Gasteiger partial charge in [0.15, 0.2) is 5.78 Å². The number of ether oxygens (including phenoxy) is 1. The Bertz CT molecular complexity index is 883. The molecular formula is C21H19NO5. The number of likely N-dealkylation sites (tertiary alicyclic amines) is 1.